The summed E-state index contributed by atoms with van der Waals surface area (Å²) < 4.78 is 0. The standard InChI is InChI=1S/C10H14ClNS/c1-7-12-9(6-13-7)4-5-10(11)8-2-3-8/h6,8,10H,2-5H2,1H3. The van der Waals surface area contributed by atoms with Gasteiger partial charge in [-0.05, 0) is 38.5 Å². The van der Waals surface area contributed by atoms with E-state index in [0.717, 1.165) is 23.8 Å². The van der Waals surface area contributed by atoms with Gasteiger partial charge in [0.05, 0.1) is 10.7 Å². The van der Waals surface area contributed by atoms with Gasteiger partial charge in [-0.3, -0.25) is 0 Å². The summed E-state index contributed by atoms with van der Waals surface area (Å²) in [6.45, 7) is 2.05. The van der Waals surface area contributed by atoms with Crippen LogP contribution in [0, 0.1) is 12.8 Å². The highest BCUT2D eigenvalue weighted by Gasteiger charge is 2.29. The molecule has 0 radical (unpaired) electrons. The molecule has 1 aliphatic carbocycles. The largest absolute Gasteiger partial charge is 0.247 e. The monoisotopic (exact) mass is 215 g/mol. The molecule has 2 rings (SSSR count). The van der Waals surface area contributed by atoms with Gasteiger partial charge in [-0.15, -0.1) is 22.9 Å². The van der Waals surface area contributed by atoms with Gasteiger partial charge in [-0.2, -0.15) is 0 Å². The number of thiazole rings is 1. The summed E-state index contributed by atoms with van der Waals surface area (Å²) in [5.74, 6) is 0.807. The van der Waals surface area contributed by atoms with Crippen LogP contribution in [-0.4, -0.2) is 10.4 Å². The summed E-state index contributed by atoms with van der Waals surface area (Å²) in [7, 11) is 0. The lowest BCUT2D eigenvalue weighted by molar-refractivity contribution is 0.670. The van der Waals surface area contributed by atoms with E-state index >= 15 is 0 Å². The molecule has 1 nitrogen and oxygen atoms in total. The van der Waals surface area contributed by atoms with Crippen LogP contribution in [0.1, 0.15) is 30.0 Å². The number of aryl methyl sites for hydroxylation is 2. The molecule has 72 valence electrons. The second kappa shape index (κ2) is 3.97. The van der Waals surface area contributed by atoms with E-state index in [4.69, 9.17) is 11.6 Å². The molecule has 0 aromatic carbocycles. The van der Waals surface area contributed by atoms with E-state index in [9.17, 15) is 0 Å². The van der Waals surface area contributed by atoms with E-state index < -0.39 is 0 Å². The molecule has 1 saturated carbocycles. The fraction of sp³-hybridized carbons (Fsp3) is 0.700. The lowest BCUT2D eigenvalue weighted by Crippen LogP contribution is -2.03. The molecule has 0 N–H and O–H groups in total. The average molecular weight is 216 g/mol. The second-order valence-corrected chi connectivity index (χ2v) is 5.37. The summed E-state index contributed by atoms with van der Waals surface area (Å²) in [4.78, 5) is 4.42. The predicted molar refractivity (Wildman–Crippen MR) is 57.5 cm³/mol. The second-order valence-electron chi connectivity index (χ2n) is 3.75. The summed E-state index contributed by atoms with van der Waals surface area (Å²) in [5, 5.41) is 3.70. The maximum absolute atomic E-state index is 6.21. The average Bonchev–Trinajstić information content (AvgIpc) is 2.87. The lowest BCUT2D eigenvalue weighted by Gasteiger charge is -2.04. The van der Waals surface area contributed by atoms with E-state index in [-0.39, 0.29) is 0 Å². The lowest BCUT2D eigenvalue weighted by atomic mass is 10.1. The SMILES string of the molecule is Cc1nc(CCC(Cl)C2CC2)cs1. The topological polar surface area (TPSA) is 12.9 Å². The van der Waals surface area contributed by atoms with Crippen molar-refractivity contribution >= 4 is 22.9 Å². The highest BCUT2D eigenvalue weighted by molar-refractivity contribution is 7.09. The van der Waals surface area contributed by atoms with Crippen molar-refractivity contribution in [1.82, 2.24) is 4.98 Å². The quantitative estimate of drug-likeness (QED) is 0.702. The van der Waals surface area contributed by atoms with Gasteiger partial charge in [0.1, 0.15) is 0 Å². The van der Waals surface area contributed by atoms with Crippen molar-refractivity contribution in [1.29, 1.82) is 0 Å². The molecule has 0 saturated heterocycles. The smallest absolute Gasteiger partial charge is 0.0897 e. The molecule has 1 heterocycles. The number of rotatable bonds is 4. The zero-order valence-corrected chi connectivity index (χ0v) is 9.37. The number of nitrogens with zero attached hydrogens (tertiary/aromatic N) is 1. The maximum atomic E-state index is 6.21. The highest BCUT2D eigenvalue weighted by atomic mass is 35.5. The van der Waals surface area contributed by atoms with Crippen molar-refractivity contribution in [3.63, 3.8) is 0 Å². The van der Waals surface area contributed by atoms with Gasteiger partial charge in [-0.25, -0.2) is 4.98 Å². The number of hydrogen-bond donors (Lipinski definition) is 0. The third-order valence-corrected chi connectivity index (χ3v) is 3.87. The van der Waals surface area contributed by atoms with Crippen LogP contribution in [0.25, 0.3) is 0 Å². The third kappa shape index (κ3) is 2.68. The van der Waals surface area contributed by atoms with E-state index in [2.05, 4.69) is 10.4 Å². The molecule has 1 aromatic heterocycles. The van der Waals surface area contributed by atoms with Crippen molar-refractivity contribution < 1.29 is 0 Å². The van der Waals surface area contributed by atoms with E-state index in [1.165, 1.54) is 18.5 Å². The molecule has 1 atom stereocenters. The van der Waals surface area contributed by atoms with Gasteiger partial charge in [0.2, 0.25) is 0 Å². The third-order valence-electron chi connectivity index (χ3n) is 2.48. The Morgan fingerprint density at radius 2 is 2.46 bits per heavy atom. The van der Waals surface area contributed by atoms with Gasteiger partial charge in [0, 0.05) is 10.8 Å². The van der Waals surface area contributed by atoms with E-state index in [1.54, 1.807) is 11.3 Å². The Hall–Kier alpha value is -0.0800. The van der Waals surface area contributed by atoms with Gasteiger partial charge in [0.25, 0.3) is 0 Å². The van der Waals surface area contributed by atoms with Crippen molar-refractivity contribution in [3.8, 4) is 0 Å². The molecule has 13 heavy (non-hydrogen) atoms. The Kier molecular flexibility index (Phi) is 2.89. The molecule has 1 fully saturated rings. The number of hydrogen-bond acceptors (Lipinski definition) is 2. The minimum atomic E-state index is 0.391. The Balaban J connectivity index is 1.78. The summed E-state index contributed by atoms with van der Waals surface area (Å²) in [6.07, 6.45) is 4.82. The molecular formula is C10H14ClNS. The molecule has 0 amide bonds. The van der Waals surface area contributed by atoms with Crippen molar-refractivity contribution in [2.45, 2.75) is 38.0 Å². The molecular weight excluding hydrogens is 202 g/mol. The first kappa shape index (κ1) is 9.47. The molecule has 0 bridgehead atoms. The zero-order valence-electron chi connectivity index (χ0n) is 7.79. The number of aromatic nitrogens is 1. The van der Waals surface area contributed by atoms with Crippen LogP contribution in [-0.2, 0) is 6.42 Å². The fourth-order valence-electron chi connectivity index (χ4n) is 1.50. The normalized spacial score (nSPS) is 18.9. The molecule has 3 heteroatoms. The van der Waals surface area contributed by atoms with Crippen molar-refractivity contribution in [2.75, 3.05) is 0 Å². The number of halogens is 1. The summed E-state index contributed by atoms with van der Waals surface area (Å²) in [5.41, 5.74) is 1.22. The van der Waals surface area contributed by atoms with Crippen LogP contribution in [0.4, 0.5) is 0 Å². The predicted octanol–water partition coefficient (Wildman–Crippen LogP) is 3.40. The van der Waals surface area contributed by atoms with E-state index in [1.807, 2.05) is 6.92 Å². The minimum Gasteiger partial charge on any atom is -0.247 e. The zero-order chi connectivity index (χ0) is 9.26. The summed E-state index contributed by atoms with van der Waals surface area (Å²) in [6, 6.07) is 0. The molecule has 0 spiro atoms. The molecule has 1 aliphatic rings. The first-order valence-electron chi connectivity index (χ1n) is 4.81. The Labute approximate surface area is 88.1 Å². The van der Waals surface area contributed by atoms with Crippen LogP contribution in [0.2, 0.25) is 0 Å². The first-order chi connectivity index (χ1) is 6.25. The Morgan fingerprint density at radius 1 is 1.69 bits per heavy atom. The Bertz CT molecular complexity index is 280. The van der Waals surface area contributed by atoms with Crippen molar-refractivity contribution in [2.24, 2.45) is 5.92 Å². The van der Waals surface area contributed by atoms with Crippen LogP contribution in [0.5, 0.6) is 0 Å². The van der Waals surface area contributed by atoms with Crippen LogP contribution < -0.4 is 0 Å². The molecule has 1 aromatic rings. The highest BCUT2D eigenvalue weighted by Crippen LogP contribution is 2.37. The van der Waals surface area contributed by atoms with Crippen molar-refractivity contribution in [3.05, 3.63) is 16.1 Å². The summed E-state index contributed by atoms with van der Waals surface area (Å²) >= 11 is 7.94. The van der Waals surface area contributed by atoms with Crippen LogP contribution >= 0.6 is 22.9 Å². The van der Waals surface area contributed by atoms with Crippen LogP contribution in [0.15, 0.2) is 5.38 Å². The maximum Gasteiger partial charge on any atom is 0.0897 e. The first-order valence-corrected chi connectivity index (χ1v) is 6.12. The van der Waals surface area contributed by atoms with Gasteiger partial charge in [0.15, 0.2) is 0 Å². The van der Waals surface area contributed by atoms with Gasteiger partial charge >= 0.3 is 0 Å². The minimum absolute atomic E-state index is 0.391. The number of alkyl halides is 1. The molecule has 1 unspecified atom stereocenters. The molecule has 0 aliphatic heterocycles. The fourth-order valence-corrected chi connectivity index (χ4v) is 2.51. The van der Waals surface area contributed by atoms with E-state index in [0.29, 0.717) is 5.38 Å². The van der Waals surface area contributed by atoms with Gasteiger partial charge < -0.3 is 0 Å². The Morgan fingerprint density at radius 3 is 3.00 bits per heavy atom. The van der Waals surface area contributed by atoms with Crippen LogP contribution in [0.3, 0.4) is 0 Å². The van der Waals surface area contributed by atoms with Gasteiger partial charge in [-0.1, -0.05) is 0 Å².